The summed E-state index contributed by atoms with van der Waals surface area (Å²) in [7, 11) is 1.74. The number of hydrogen-bond donors (Lipinski definition) is 4. The second-order valence-corrected chi connectivity index (χ2v) is 9.46. The third-order valence-electron chi connectivity index (χ3n) is 5.35. The van der Waals surface area contributed by atoms with Crippen molar-refractivity contribution in [3.63, 3.8) is 0 Å². The Labute approximate surface area is 186 Å². The van der Waals surface area contributed by atoms with E-state index >= 15 is 0 Å². The van der Waals surface area contributed by atoms with Gasteiger partial charge in [0.1, 0.15) is 11.5 Å². The third kappa shape index (κ3) is 4.66. The number of nitrogens with zero attached hydrogens (tertiary/aromatic N) is 2. The molecule has 32 heavy (non-hydrogen) atoms. The number of aromatic nitrogens is 3. The summed E-state index contributed by atoms with van der Waals surface area (Å²) in [6.45, 7) is 6.06. The maximum Gasteiger partial charge on any atom is 0.274 e. The van der Waals surface area contributed by atoms with E-state index in [9.17, 15) is 14.4 Å². The number of anilines is 2. The lowest BCUT2D eigenvalue weighted by Gasteiger charge is -2.23. The number of carbonyl (C=O) groups is 3. The Hall–Kier alpha value is -3.62. The van der Waals surface area contributed by atoms with Gasteiger partial charge in [-0.25, -0.2) is 4.98 Å². The standard InChI is InChI=1S/C23H28N6O3/c1-23(2,3)10-18(30)29(4)14-7-8-15-16(9-14)27-20(19(15)22(32)26-13-5-6-13)28-21(31)17-11-24-12-25-17/h7-9,11-13,27H,5-6,10H2,1-4H3,(H,24,25)(H,26,32)(H,28,31). The number of imidazole rings is 1. The summed E-state index contributed by atoms with van der Waals surface area (Å²) >= 11 is 0. The molecule has 2 heterocycles. The Morgan fingerprint density at radius 2 is 1.94 bits per heavy atom. The lowest BCUT2D eigenvalue weighted by Crippen LogP contribution is -2.29. The molecular formula is C23H28N6O3. The second kappa shape index (κ2) is 8.14. The Morgan fingerprint density at radius 3 is 2.56 bits per heavy atom. The first-order chi connectivity index (χ1) is 15.1. The van der Waals surface area contributed by atoms with E-state index in [1.165, 1.54) is 12.5 Å². The molecular weight excluding hydrogens is 408 g/mol. The van der Waals surface area contributed by atoms with Crippen LogP contribution in [-0.4, -0.2) is 45.8 Å². The van der Waals surface area contributed by atoms with Crippen molar-refractivity contribution in [2.24, 2.45) is 5.41 Å². The Balaban J connectivity index is 1.68. The largest absolute Gasteiger partial charge is 0.349 e. The molecule has 1 fully saturated rings. The average Bonchev–Trinajstić information content (AvgIpc) is 3.23. The Bertz CT molecular complexity index is 1170. The van der Waals surface area contributed by atoms with Crippen molar-refractivity contribution in [2.45, 2.75) is 46.1 Å². The highest BCUT2D eigenvalue weighted by Crippen LogP contribution is 2.32. The highest BCUT2D eigenvalue weighted by molar-refractivity contribution is 6.15. The molecule has 1 aromatic carbocycles. The summed E-state index contributed by atoms with van der Waals surface area (Å²) in [4.78, 5) is 49.6. The maximum atomic E-state index is 13.0. The van der Waals surface area contributed by atoms with Crippen LogP contribution in [0.15, 0.2) is 30.7 Å². The fourth-order valence-corrected chi connectivity index (χ4v) is 3.49. The van der Waals surface area contributed by atoms with Gasteiger partial charge in [0.2, 0.25) is 5.91 Å². The molecule has 0 radical (unpaired) electrons. The van der Waals surface area contributed by atoms with E-state index in [0.717, 1.165) is 12.8 Å². The number of aromatic amines is 2. The van der Waals surface area contributed by atoms with Crippen molar-refractivity contribution >= 4 is 40.1 Å². The fourth-order valence-electron chi connectivity index (χ4n) is 3.49. The van der Waals surface area contributed by atoms with E-state index in [2.05, 4.69) is 25.6 Å². The molecule has 1 aliphatic rings. The number of H-pyrrole nitrogens is 2. The van der Waals surface area contributed by atoms with Crippen LogP contribution < -0.4 is 15.5 Å². The quantitative estimate of drug-likeness (QED) is 0.473. The molecule has 4 rings (SSSR count). The van der Waals surface area contributed by atoms with Crippen molar-refractivity contribution in [1.82, 2.24) is 20.3 Å². The molecule has 0 saturated heterocycles. The Kier molecular flexibility index (Phi) is 5.50. The predicted octanol–water partition coefficient (Wildman–Crippen LogP) is 3.43. The molecule has 3 aromatic rings. The second-order valence-electron chi connectivity index (χ2n) is 9.46. The van der Waals surface area contributed by atoms with E-state index in [-0.39, 0.29) is 29.0 Å². The van der Waals surface area contributed by atoms with Gasteiger partial charge >= 0.3 is 0 Å². The highest BCUT2D eigenvalue weighted by Gasteiger charge is 2.28. The summed E-state index contributed by atoms with van der Waals surface area (Å²) < 4.78 is 0. The molecule has 0 atom stereocenters. The molecule has 4 N–H and O–H groups in total. The van der Waals surface area contributed by atoms with Gasteiger partial charge in [0, 0.05) is 36.1 Å². The molecule has 168 valence electrons. The van der Waals surface area contributed by atoms with Gasteiger partial charge in [0.15, 0.2) is 0 Å². The molecule has 9 heteroatoms. The maximum absolute atomic E-state index is 13.0. The highest BCUT2D eigenvalue weighted by atomic mass is 16.2. The van der Waals surface area contributed by atoms with Crippen LogP contribution in [0, 0.1) is 5.41 Å². The number of hydrogen-bond acceptors (Lipinski definition) is 4. The monoisotopic (exact) mass is 436 g/mol. The van der Waals surface area contributed by atoms with E-state index < -0.39 is 5.91 Å². The van der Waals surface area contributed by atoms with Gasteiger partial charge < -0.3 is 25.5 Å². The smallest absolute Gasteiger partial charge is 0.274 e. The van der Waals surface area contributed by atoms with Crippen molar-refractivity contribution in [3.05, 3.63) is 42.0 Å². The summed E-state index contributed by atoms with van der Waals surface area (Å²) in [5, 5.41) is 6.43. The zero-order valence-electron chi connectivity index (χ0n) is 18.7. The minimum Gasteiger partial charge on any atom is -0.349 e. The molecule has 2 aromatic heterocycles. The van der Waals surface area contributed by atoms with E-state index in [1.54, 1.807) is 18.0 Å². The summed E-state index contributed by atoms with van der Waals surface area (Å²) in [6, 6.07) is 5.60. The van der Waals surface area contributed by atoms with Crippen molar-refractivity contribution in [1.29, 1.82) is 0 Å². The minimum atomic E-state index is -0.410. The molecule has 0 unspecified atom stereocenters. The summed E-state index contributed by atoms with van der Waals surface area (Å²) in [6.07, 6.45) is 5.14. The first-order valence-electron chi connectivity index (χ1n) is 10.7. The lowest BCUT2D eigenvalue weighted by atomic mass is 9.91. The molecule has 0 bridgehead atoms. The zero-order chi connectivity index (χ0) is 23.0. The SMILES string of the molecule is CN(C(=O)CC(C)(C)C)c1ccc2c(C(=O)NC3CC3)c(NC(=O)c3cnc[nH]3)[nH]c2c1. The number of rotatable bonds is 6. The van der Waals surface area contributed by atoms with Crippen LogP contribution in [0.4, 0.5) is 11.5 Å². The van der Waals surface area contributed by atoms with Crippen LogP contribution in [0.2, 0.25) is 0 Å². The number of amides is 3. The zero-order valence-corrected chi connectivity index (χ0v) is 18.7. The Morgan fingerprint density at radius 1 is 1.19 bits per heavy atom. The fraction of sp³-hybridized carbons (Fsp3) is 0.391. The van der Waals surface area contributed by atoms with Crippen LogP contribution >= 0.6 is 0 Å². The molecule has 1 aliphatic carbocycles. The van der Waals surface area contributed by atoms with Crippen molar-refractivity contribution < 1.29 is 14.4 Å². The average molecular weight is 437 g/mol. The molecule has 1 saturated carbocycles. The van der Waals surface area contributed by atoms with Gasteiger partial charge in [0.25, 0.3) is 11.8 Å². The lowest BCUT2D eigenvalue weighted by molar-refractivity contribution is -0.120. The number of carbonyl (C=O) groups excluding carboxylic acids is 3. The first-order valence-corrected chi connectivity index (χ1v) is 10.7. The summed E-state index contributed by atoms with van der Waals surface area (Å²) in [5.74, 6) is -0.350. The van der Waals surface area contributed by atoms with Crippen molar-refractivity contribution in [3.8, 4) is 0 Å². The number of nitrogens with one attached hydrogen (secondary N) is 4. The van der Waals surface area contributed by atoms with Gasteiger partial charge in [-0.05, 0) is 36.5 Å². The molecule has 0 spiro atoms. The molecule has 9 nitrogen and oxygen atoms in total. The van der Waals surface area contributed by atoms with Gasteiger partial charge in [-0.1, -0.05) is 20.8 Å². The van der Waals surface area contributed by atoms with Gasteiger partial charge in [-0.15, -0.1) is 0 Å². The number of fused-ring (bicyclic) bond motifs is 1. The van der Waals surface area contributed by atoms with Gasteiger partial charge in [-0.2, -0.15) is 0 Å². The van der Waals surface area contributed by atoms with Crippen LogP contribution in [0.25, 0.3) is 10.9 Å². The minimum absolute atomic E-state index is 0.00266. The van der Waals surface area contributed by atoms with Crippen LogP contribution in [0.3, 0.4) is 0 Å². The molecule has 0 aliphatic heterocycles. The summed E-state index contributed by atoms with van der Waals surface area (Å²) in [5.41, 5.74) is 1.88. The number of benzene rings is 1. The third-order valence-corrected chi connectivity index (χ3v) is 5.35. The van der Waals surface area contributed by atoms with E-state index in [1.807, 2.05) is 32.9 Å². The van der Waals surface area contributed by atoms with Crippen molar-refractivity contribution in [2.75, 3.05) is 17.3 Å². The molecule has 3 amide bonds. The van der Waals surface area contributed by atoms with E-state index in [4.69, 9.17) is 0 Å². The van der Waals surface area contributed by atoms with Crippen LogP contribution in [0.5, 0.6) is 0 Å². The van der Waals surface area contributed by atoms with E-state index in [0.29, 0.717) is 34.4 Å². The van der Waals surface area contributed by atoms with Gasteiger partial charge in [0.05, 0.1) is 18.1 Å². The van der Waals surface area contributed by atoms with Gasteiger partial charge in [-0.3, -0.25) is 14.4 Å². The van der Waals surface area contributed by atoms with Crippen LogP contribution in [-0.2, 0) is 4.79 Å². The first kappa shape index (κ1) is 21.6. The predicted molar refractivity (Wildman–Crippen MR) is 123 cm³/mol. The van der Waals surface area contributed by atoms with Crippen LogP contribution in [0.1, 0.15) is 60.9 Å². The normalized spacial score (nSPS) is 13.8. The topological polar surface area (TPSA) is 123 Å².